The normalized spacial score (nSPS) is 9.88. The highest BCUT2D eigenvalue weighted by molar-refractivity contribution is 5.77. The van der Waals surface area contributed by atoms with Gasteiger partial charge in [-0.2, -0.15) is 0 Å². The molecule has 0 fully saturated rings. The number of hydrogen-bond donors (Lipinski definition) is 2. The molecule has 0 aliphatic heterocycles. The Morgan fingerprint density at radius 3 is 3.00 bits per heavy atom. The van der Waals surface area contributed by atoms with Crippen LogP contribution in [0.1, 0.15) is 18.9 Å². The van der Waals surface area contributed by atoms with Gasteiger partial charge in [-0.15, -0.1) is 0 Å². The summed E-state index contributed by atoms with van der Waals surface area (Å²) < 4.78 is 5.34. The second kappa shape index (κ2) is 6.85. The molecule has 4 nitrogen and oxygen atoms in total. The van der Waals surface area contributed by atoms with E-state index in [1.807, 2.05) is 31.2 Å². The van der Waals surface area contributed by atoms with Crippen molar-refractivity contribution in [1.82, 2.24) is 5.32 Å². The van der Waals surface area contributed by atoms with Gasteiger partial charge in [0.15, 0.2) is 6.61 Å². The van der Waals surface area contributed by atoms with Crippen molar-refractivity contribution in [1.29, 1.82) is 0 Å². The molecule has 1 amide bonds. The third-order valence-corrected chi connectivity index (χ3v) is 2.08. The molecule has 0 aliphatic carbocycles. The van der Waals surface area contributed by atoms with Crippen LogP contribution in [0.15, 0.2) is 24.3 Å². The van der Waals surface area contributed by atoms with Crippen LogP contribution in [0.3, 0.4) is 0 Å². The summed E-state index contributed by atoms with van der Waals surface area (Å²) in [5.41, 5.74) is 6.50. The van der Waals surface area contributed by atoms with Crippen LogP contribution in [0, 0.1) is 0 Å². The molecular weight excluding hydrogens is 204 g/mol. The van der Waals surface area contributed by atoms with Gasteiger partial charge < -0.3 is 15.8 Å². The van der Waals surface area contributed by atoms with Gasteiger partial charge in [0.25, 0.3) is 5.91 Å². The zero-order valence-corrected chi connectivity index (χ0v) is 9.53. The van der Waals surface area contributed by atoms with E-state index in [0.29, 0.717) is 18.8 Å². The molecule has 1 aromatic carbocycles. The van der Waals surface area contributed by atoms with Crippen molar-refractivity contribution >= 4 is 5.91 Å². The van der Waals surface area contributed by atoms with Gasteiger partial charge in [0.2, 0.25) is 0 Å². The lowest BCUT2D eigenvalue weighted by atomic mass is 10.2. The average Bonchev–Trinajstić information content (AvgIpc) is 2.34. The van der Waals surface area contributed by atoms with Gasteiger partial charge in [0.1, 0.15) is 5.75 Å². The first kappa shape index (κ1) is 12.5. The Labute approximate surface area is 95.8 Å². The van der Waals surface area contributed by atoms with E-state index < -0.39 is 0 Å². The van der Waals surface area contributed by atoms with Gasteiger partial charge in [-0.05, 0) is 24.1 Å². The molecular formula is C12H18N2O2. The molecule has 0 heterocycles. The summed E-state index contributed by atoms with van der Waals surface area (Å²) in [4.78, 5) is 11.3. The van der Waals surface area contributed by atoms with Crippen molar-refractivity contribution in [2.45, 2.75) is 19.9 Å². The maximum absolute atomic E-state index is 11.3. The predicted octanol–water partition coefficient (Wildman–Crippen LogP) is 1.05. The second-order valence-corrected chi connectivity index (χ2v) is 3.49. The van der Waals surface area contributed by atoms with Crippen LogP contribution in [0.2, 0.25) is 0 Å². The summed E-state index contributed by atoms with van der Waals surface area (Å²) in [7, 11) is 0. The van der Waals surface area contributed by atoms with Crippen LogP contribution in [-0.2, 0) is 11.3 Å². The minimum Gasteiger partial charge on any atom is -0.484 e. The number of benzene rings is 1. The van der Waals surface area contributed by atoms with E-state index in [-0.39, 0.29) is 12.5 Å². The molecule has 3 N–H and O–H groups in total. The third kappa shape index (κ3) is 4.31. The van der Waals surface area contributed by atoms with E-state index in [1.165, 1.54) is 0 Å². The van der Waals surface area contributed by atoms with E-state index in [2.05, 4.69) is 5.32 Å². The summed E-state index contributed by atoms with van der Waals surface area (Å²) in [6.07, 6.45) is 0.925. The van der Waals surface area contributed by atoms with E-state index in [4.69, 9.17) is 10.5 Å². The molecule has 0 aliphatic rings. The number of rotatable bonds is 6. The highest BCUT2D eigenvalue weighted by Gasteiger charge is 2.01. The van der Waals surface area contributed by atoms with Gasteiger partial charge in [-0.1, -0.05) is 19.1 Å². The first-order chi connectivity index (χ1) is 7.76. The Bertz CT molecular complexity index is 340. The minimum absolute atomic E-state index is 0.0496. The van der Waals surface area contributed by atoms with Crippen molar-refractivity contribution in [3.63, 3.8) is 0 Å². The van der Waals surface area contributed by atoms with E-state index in [0.717, 1.165) is 12.0 Å². The fourth-order valence-electron chi connectivity index (χ4n) is 1.23. The third-order valence-electron chi connectivity index (χ3n) is 2.08. The molecule has 0 bridgehead atoms. The van der Waals surface area contributed by atoms with Crippen LogP contribution in [0.4, 0.5) is 0 Å². The number of nitrogens with two attached hydrogens (primary N) is 1. The summed E-state index contributed by atoms with van der Waals surface area (Å²) in [6.45, 7) is 3.21. The van der Waals surface area contributed by atoms with Crippen LogP contribution in [0.25, 0.3) is 0 Å². The molecule has 0 saturated heterocycles. The van der Waals surface area contributed by atoms with Crippen LogP contribution in [0.5, 0.6) is 5.75 Å². The number of ether oxygens (including phenoxy) is 1. The van der Waals surface area contributed by atoms with Crippen LogP contribution in [-0.4, -0.2) is 19.1 Å². The molecule has 0 radical (unpaired) electrons. The molecule has 0 atom stereocenters. The summed E-state index contributed by atoms with van der Waals surface area (Å²) in [5, 5.41) is 2.74. The number of carbonyl (C=O) groups is 1. The highest BCUT2D eigenvalue weighted by atomic mass is 16.5. The average molecular weight is 222 g/mol. The topological polar surface area (TPSA) is 64.3 Å². The summed E-state index contributed by atoms with van der Waals surface area (Å²) >= 11 is 0. The van der Waals surface area contributed by atoms with E-state index in [1.54, 1.807) is 0 Å². The molecule has 0 spiro atoms. The second-order valence-electron chi connectivity index (χ2n) is 3.49. The van der Waals surface area contributed by atoms with Crippen molar-refractivity contribution in [2.24, 2.45) is 5.73 Å². The lowest BCUT2D eigenvalue weighted by molar-refractivity contribution is -0.123. The smallest absolute Gasteiger partial charge is 0.257 e. The molecule has 1 rings (SSSR count). The lowest BCUT2D eigenvalue weighted by Crippen LogP contribution is -2.29. The number of nitrogens with one attached hydrogen (secondary N) is 1. The molecule has 4 heteroatoms. The zero-order valence-electron chi connectivity index (χ0n) is 9.53. The molecule has 0 unspecified atom stereocenters. The Morgan fingerprint density at radius 1 is 1.50 bits per heavy atom. The van der Waals surface area contributed by atoms with Gasteiger partial charge in [-0.25, -0.2) is 0 Å². The SMILES string of the molecule is CCCNC(=O)COc1cccc(CN)c1. The molecule has 88 valence electrons. The number of hydrogen-bond acceptors (Lipinski definition) is 3. The Morgan fingerprint density at radius 2 is 2.31 bits per heavy atom. The first-order valence-electron chi connectivity index (χ1n) is 5.44. The van der Waals surface area contributed by atoms with Crippen LogP contribution < -0.4 is 15.8 Å². The highest BCUT2D eigenvalue weighted by Crippen LogP contribution is 2.12. The zero-order chi connectivity index (χ0) is 11.8. The fourth-order valence-corrected chi connectivity index (χ4v) is 1.23. The fraction of sp³-hybridized carbons (Fsp3) is 0.417. The summed E-state index contributed by atoms with van der Waals surface area (Å²) in [5.74, 6) is 0.578. The number of amides is 1. The monoisotopic (exact) mass is 222 g/mol. The van der Waals surface area contributed by atoms with E-state index >= 15 is 0 Å². The van der Waals surface area contributed by atoms with Gasteiger partial charge in [0, 0.05) is 13.1 Å². The minimum atomic E-state index is -0.0972. The van der Waals surface area contributed by atoms with E-state index in [9.17, 15) is 4.79 Å². The molecule has 0 aromatic heterocycles. The van der Waals surface area contributed by atoms with Crippen LogP contribution >= 0.6 is 0 Å². The molecule has 0 saturated carbocycles. The van der Waals surface area contributed by atoms with Gasteiger partial charge in [0.05, 0.1) is 0 Å². The molecule has 1 aromatic rings. The first-order valence-corrected chi connectivity index (χ1v) is 5.44. The number of carbonyl (C=O) groups excluding carboxylic acids is 1. The Hall–Kier alpha value is -1.55. The maximum Gasteiger partial charge on any atom is 0.257 e. The Kier molecular flexibility index (Phi) is 5.36. The molecule has 16 heavy (non-hydrogen) atoms. The maximum atomic E-state index is 11.3. The predicted molar refractivity (Wildman–Crippen MR) is 63.1 cm³/mol. The van der Waals surface area contributed by atoms with Crippen molar-refractivity contribution in [3.05, 3.63) is 29.8 Å². The quantitative estimate of drug-likeness (QED) is 0.756. The lowest BCUT2D eigenvalue weighted by Gasteiger charge is -2.07. The standard InChI is InChI=1S/C12H18N2O2/c1-2-6-14-12(15)9-16-11-5-3-4-10(7-11)8-13/h3-5,7H,2,6,8-9,13H2,1H3,(H,14,15). The Balaban J connectivity index is 2.38. The largest absolute Gasteiger partial charge is 0.484 e. The van der Waals surface area contributed by atoms with Gasteiger partial charge >= 0.3 is 0 Å². The summed E-state index contributed by atoms with van der Waals surface area (Å²) in [6, 6.07) is 7.44. The van der Waals surface area contributed by atoms with Crippen molar-refractivity contribution < 1.29 is 9.53 Å². The van der Waals surface area contributed by atoms with Crippen molar-refractivity contribution in [2.75, 3.05) is 13.2 Å². The van der Waals surface area contributed by atoms with Gasteiger partial charge in [-0.3, -0.25) is 4.79 Å². The van der Waals surface area contributed by atoms with Crippen molar-refractivity contribution in [3.8, 4) is 5.75 Å².